The Kier molecular flexibility index (Phi) is 1.47. The average molecular weight is 159 g/mol. The van der Waals surface area contributed by atoms with Gasteiger partial charge in [-0.05, 0) is 24.6 Å². The summed E-state index contributed by atoms with van der Waals surface area (Å²) in [5.74, 6) is 0. The largest absolute Gasteiger partial charge is 0.323 e. The molecule has 0 fully saturated rings. The molecule has 0 unspecified atom stereocenters. The van der Waals surface area contributed by atoms with Gasteiger partial charge in [-0.2, -0.15) is 0 Å². The molecule has 0 atom stereocenters. The van der Waals surface area contributed by atoms with Crippen molar-refractivity contribution in [1.29, 1.82) is 0 Å². The van der Waals surface area contributed by atoms with Gasteiger partial charge in [-0.15, -0.1) is 0 Å². The van der Waals surface area contributed by atoms with E-state index in [-0.39, 0.29) is 0 Å². The number of carbonyl (C=O) groups is 1. The molecule has 0 amide bonds. The highest BCUT2D eigenvalue weighted by Crippen LogP contribution is 2.14. The smallest absolute Gasteiger partial charge is 0.152 e. The Morgan fingerprint density at radius 1 is 1.42 bits per heavy atom. The van der Waals surface area contributed by atoms with E-state index in [0.717, 1.165) is 22.9 Å². The zero-order valence-electron chi connectivity index (χ0n) is 6.82. The maximum Gasteiger partial charge on any atom is 0.152 e. The van der Waals surface area contributed by atoms with E-state index in [2.05, 4.69) is 0 Å². The van der Waals surface area contributed by atoms with Crippen LogP contribution in [0.4, 0.5) is 0 Å². The summed E-state index contributed by atoms with van der Waals surface area (Å²) in [5, 5.41) is 0. The lowest BCUT2D eigenvalue weighted by Crippen LogP contribution is -1.81. The van der Waals surface area contributed by atoms with E-state index in [9.17, 15) is 4.79 Å². The van der Waals surface area contributed by atoms with Crippen LogP contribution in [0.1, 0.15) is 15.9 Å². The highest BCUT2D eigenvalue weighted by molar-refractivity contribution is 5.88. The fourth-order valence-electron chi connectivity index (χ4n) is 1.43. The lowest BCUT2D eigenvalue weighted by Gasteiger charge is -1.91. The van der Waals surface area contributed by atoms with Crippen LogP contribution in [0.2, 0.25) is 0 Å². The molecule has 2 heteroatoms. The van der Waals surface area contributed by atoms with Gasteiger partial charge in [0.1, 0.15) is 0 Å². The van der Waals surface area contributed by atoms with E-state index in [4.69, 9.17) is 0 Å². The fraction of sp³-hybridized carbons (Fsp3) is 0.100. The third kappa shape index (κ3) is 0.848. The molecule has 2 aromatic rings. The molecule has 2 aromatic heterocycles. The number of aldehydes is 1. The standard InChI is InChI=1S/C10H9NO/c1-8-6-11-5-3-2-4-10(11)9(8)7-12/h2-7H,1H3. The molecule has 0 aromatic carbocycles. The predicted molar refractivity (Wildman–Crippen MR) is 47.5 cm³/mol. The Hall–Kier alpha value is -1.57. The third-order valence-corrected chi connectivity index (χ3v) is 2.04. The van der Waals surface area contributed by atoms with Gasteiger partial charge in [0.15, 0.2) is 6.29 Å². The summed E-state index contributed by atoms with van der Waals surface area (Å²) in [6.07, 6.45) is 4.80. The molecule has 0 radical (unpaired) electrons. The van der Waals surface area contributed by atoms with Crippen LogP contribution in [0.15, 0.2) is 30.6 Å². The quantitative estimate of drug-likeness (QED) is 0.583. The van der Waals surface area contributed by atoms with Gasteiger partial charge >= 0.3 is 0 Å². The number of hydrogen-bond acceptors (Lipinski definition) is 1. The summed E-state index contributed by atoms with van der Waals surface area (Å²) >= 11 is 0. The highest BCUT2D eigenvalue weighted by Gasteiger charge is 2.03. The van der Waals surface area contributed by atoms with Crippen molar-refractivity contribution in [2.45, 2.75) is 6.92 Å². The Balaban J connectivity index is 2.90. The molecule has 2 nitrogen and oxygen atoms in total. The second-order valence-corrected chi connectivity index (χ2v) is 2.84. The number of pyridine rings is 1. The van der Waals surface area contributed by atoms with Crippen molar-refractivity contribution in [2.24, 2.45) is 0 Å². The number of rotatable bonds is 1. The topological polar surface area (TPSA) is 21.5 Å². The van der Waals surface area contributed by atoms with Crippen molar-refractivity contribution in [3.8, 4) is 0 Å². The maximum atomic E-state index is 10.7. The molecule has 0 N–H and O–H groups in total. The van der Waals surface area contributed by atoms with Gasteiger partial charge in [0.2, 0.25) is 0 Å². The van der Waals surface area contributed by atoms with Crippen molar-refractivity contribution >= 4 is 11.8 Å². The first kappa shape index (κ1) is 7.10. The first-order valence-electron chi connectivity index (χ1n) is 3.84. The van der Waals surface area contributed by atoms with Crippen molar-refractivity contribution in [1.82, 2.24) is 4.40 Å². The summed E-state index contributed by atoms with van der Waals surface area (Å²) in [5.41, 5.74) is 2.79. The first-order valence-corrected chi connectivity index (χ1v) is 3.84. The summed E-state index contributed by atoms with van der Waals surface area (Å²) in [4.78, 5) is 10.7. The number of fused-ring (bicyclic) bond motifs is 1. The zero-order valence-corrected chi connectivity index (χ0v) is 6.82. The first-order chi connectivity index (χ1) is 5.83. The molecule has 2 rings (SSSR count). The van der Waals surface area contributed by atoms with E-state index in [1.54, 1.807) is 0 Å². The second-order valence-electron chi connectivity index (χ2n) is 2.84. The summed E-state index contributed by atoms with van der Waals surface area (Å²) in [6, 6.07) is 5.82. The molecule has 0 saturated carbocycles. The second kappa shape index (κ2) is 2.48. The molecular formula is C10H9NO. The van der Waals surface area contributed by atoms with Gasteiger partial charge in [0, 0.05) is 18.0 Å². The molecular weight excluding hydrogens is 150 g/mol. The molecule has 60 valence electrons. The van der Waals surface area contributed by atoms with Crippen molar-refractivity contribution in [3.63, 3.8) is 0 Å². The number of carbonyl (C=O) groups excluding carboxylic acids is 1. The summed E-state index contributed by atoms with van der Waals surface area (Å²) < 4.78 is 1.96. The molecule has 0 aliphatic carbocycles. The SMILES string of the molecule is Cc1cn2ccccc2c1C=O. The molecule has 0 bridgehead atoms. The molecule has 0 saturated heterocycles. The lowest BCUT2D eigenvalue weighted by atomic mass is 10.2. The third-order valence-electron chi connectivity index (χ3n) is 2.04. The van der Waals surface area contributed by atoms with E-state index < -0.39 is 0 Å². The van der Waals surface area contributed by atoms with Gasteiger partial charge in [-0.3, -0.25) is 4.79 Å². The Bertz CT molecular complexity index is 428. The van der Waals surface area contributed by atoms with E-state index in [1.807, 2.05) is 41.9 Å². The van der Waals surface area contributed by atoms with Crippen LogP contribution < -0.4 is 0 Å². The van der Waals surface area contributed by atoms with Gasteiger partial charge in [0.25, 0.3) is 0 Å². The van der Waals surface area contributed by atoms with Crippen LogP contribution in [0, 0.1) is 6.92 Å². The molecule has 0 aliphatic heterocycles. The summed E-state index contributed by atoms with van der Waals surface area (Å²) in [7, 11) is 0. The van der Waals surface area contributed by atoms with Gasteiger partial charge in [-0.25, -0.2) is 0 Å². The number of hydrogen-bond donors (Lipinski definition) is 0. The van der Waals surface area contributed by atoms with Crippen LogP contribution in [0.5, 0.6) is 0 Å². The lowest BCUT2D eigenvalue weighted by molar-refractivity contribution is 0.112. The molecule has 12 heavy (non-hydrogen) atoms. The minimum absolute atomic E-state index is 0.788. The van der Waals surface area contributed by atoms with Crippen molar-refractivity contribution < 1.29 is 4.79 Å². The van der Waals surface area contributed by atoms with Crippen LogP contribution in [-0.2, 0) is 0 Å². The van der Waals surface area contributed by atoms with Crippen molar-refractivity contribution in [3.05, 3.63) is 41.7 Å². The van der Waals surface area contributed by atoms with Gasteiger partial charge in [-0.1, -0.05) is 6.07 Å². The van der Waals surface area contributed by atoms with Crippen LogP contribution in [0.25, 0.3) is 5.52 Å². The number of aryl methyl sites for hydroxylation is 1. The Morgan fingerprint density at radius 2 is 2.25 bits per heavy atom. The van der Waals surface area contributed by atoms with E-state index in [0.29, 0.717) is 0 Å². The Labute approximate surface area is 70.4 Å². The Morgan fingerprint density at radius 3 is 3.00 bits per heavy atom. The summed E-state index contributed by atoms with van der Waals surface area (Å²) in [6.45, 7) is 1.94. The highest BCUT2D eigenvalue weighted by atomic mass is 16.1. The molecule has 0 aliphatic rings. The van der Waals surface area contributed by atoms with Crippen LogP contribution >= 0.6 is 0 Å². The molecule has 2 heterocycles. The molecule has 0 spiro atoms. The average Bonchev–Trinajstić information content (AvgIpc) is 2.40. The van der Waals surface area contributed by atoms with E-state index in [1.165, 1.54) is 0 Å². The van der Waals surface area contributed by atoms with Gasteiger partial charge in [0.05, 0.1) is 5.52 Å². The zero-order chi connectivity index (χ0) is 8.55. The van der Waals surface area contributed by atoms with Crippen LogP contribution in [-0.4, -0.2) is 10.7 Å². The van der Waals surface area contributed by atoms with E-state index >= 15 is 0 Å². The van der Waals surface area contributed by atoms with Crippen molar-refractivity contribution in [2.75, 3.05) is 0 Å². The monoisotopic (exact) mass is 159 g/mol. The normalized spacial score (nSPS) is 10.4. The minimum Gasteiger partial charge on any atom is -0.323 e. The van der Waals surface area contributed by atoms with Crippen LogP contribution in [0.3, 0.4) is 0 Å². The van der Waals surface area contributed by atoms with Gasteiger partial charge < -0.3 is 4.40 Å². The maximum absolute atomic E-state index is 10.7. The minimum atomic E-state index is 0.788. The number of aromatic nitrogens is 1. The predicted octanol–water partition coefficient (Wildman–Crippen LogP) is 2.06. The fourth-order valence-corrected chi connectivity index (χ4v) is 1.43. The number of nitrogens with zero attached hydrogens (tertiary/aromatic N) is 1.